The Hall–Kier alpha value is -3.89. The van der Waals surface area contributed by atoms with Gasteiger partial charge in [-0.15, -0.1) is 0 Å². The normalized spacial score (nSPS) is 10.8. The smallest absolute Gasteiger partial charge is 0.266 e. The SMILES string of the molecule is CCCN(Cc1ccc(C)cc1)C(=O)CSc1nc2ccccc2c(=O)n1-c1ccc(C#N)cc1. The molecule has 4 aromatic rings. The van der Waals surface area contributed by atoms with Gasteiger partial charge in [-0.1, -0.05) is 60.6 Å². The second-order valence-electron chi connectivity index (χ2n) is 8.30. The molecule has 7 heteroatoms. The first-order valence-corrected chi connectivity index (χ1v) is 12.5. The van der Waals surface area contributed by atoms with Gasteiger partial charge in [0.05, 0.1) is 34.0 Å². The lowest BCUT2D eigenvalue weighted by atomic mass is 10.1. The molecule has 1 aromatic heterocycles. The third-order valence-corrected chi connectivity index (χ3v) is 6.59. The van der Waals surface area contributed by atoms with Gasteiger partial charge in [0.25, 0.3) is 5.56 Å². The Labute approximate surface area is 208 Å². The van der Waals surface area contributed by atoms with E-state index < -0.39 is 0 Å². The minimum absolute atomic E-state index is 0.00814. The van der Waals surface area contributed by atoms with E-state index in [1.807, 2.05) is 42.2 Å². The molecule has 0 unspecified atom stereocenters. The monoisotopic (exact) mass is 482 g/mol. The number of rotatable bonds is 8. The quantitative estimate of drug-likeness (QED) is 0.258. The van der Waals surface area contributed by atoms with Gasteiger partial charge < -0.3 is 4.90 Å². The number of nitrogens with zero attached hydrogens (tertiary/aromatic N) is 4. The molecule has 0 radical (unpaired) electrons. The zero-order valence-corrected chi connectivity index (χ0v) is 20.6. The number of carbonyl (C=O) groups is 1. The summed E-state index contributed by atoms with van der Waals surface area (Å²) in [5.41, 5.74) is 3.75. The maximum absolute atomic E-state index is 13.4. The molecule has 0 saturated carbocycles. The summed E-state index contributed by atoms with van der Waals surface area (Å²) in [4.78, 5) is 33.2. The number of hydrogen-bond donors (Lipinski definition) is 0. The summed E-state index contributed by atoms with van der Waals surface area (Å²) in [6, 6.07) is 24.3. The van der Waals surface area contributed by atoms with Gasteiger partial charge >= 0.3 is 0 Å². The van der Waals surface area contributed by atoms with Crippen LogP contribution in [0.2, 0.25) is 0 Å². The summed E-state index contributed by atoms with van der Waals surface area (Å²) in [7, 11) is 0. The van der Waals surface area contributed by atoms with E-state index in [1.54, 1.807) is 42.5 Å². The zero-order chi connectivity index (χ0) is 24.8. The van der Waals surface area contributed by atoms with Crippen molar-refractivity contribution in [1.82, 2.24) is 14.5 Å². The average Bonchev–Trinajstić information content (AvgIpc) is 2.88. The Morgan fingerprint density at radius 2 is 1.77 bits per heavy atom. The maximum atomic E-state index is 13.4. The Kier molecular flexibility index (Phi) is 7.64. The molecule has 1 amide bonds. The summed E-state index contributed by atoms with van der Waals surface area (Å²) >= 11 is 1.25. The van der Waals surface area contributed by atoms with Gasteiger partial charge in [-0.25, -0.2) is 4.98 Å². The second-order valence-corrected chi connectivity index (χ2v) is 9.24. The lowest BCUT2D eigenvalue weighted by Crippen LogP contribution is -2.33. The van der Waals surface area contributed by atoms with Crippen molar-refractivity contribution < 1.29 is 4.79 Å². The summed E-state index contributed by atoms with van der Waals surface area (Å²) in [6.45, 7) is 5.29. The molecule has 6 nitrogen and oxygen atoms in total. The molecule has 0 aliphatic rings. The van der Waals surface area contributed by atoms with Gasteiger partial charge in [0.1, 0.15) is 0 Å². The van der Waals surface area contributed by atoms with E-state index in [0.717, 1.165) is 12.0 Å². The number of benzene rings is 3. The largest absolute Gasteiger partial charge is 0.338 e. The number of para-hydroxylation sites is 1. The fourth-order valence-corrected chi connectivity index (χ4v) is 4.73. The number of aromatic nitrogens is 2. The number of fused-ring (bicyclic) bond motifs is 1. The van der Waals surface area contributed by atoms with E-state index in [0.29, 0.717) is 40.4 Å². The number of hydrogen-bond acceptors (Lipinski definition) is 5. The molecule has 4 rings (SSSR count). The Bertz CT molecular complexity index is 1440. The second kappa shape index (κ2) is 11.0. The molecule has 176 valence electrons. The third kappa shape index (κ3) is 5.61. The van der Waals surface area contributed by atoms with Crippen LogP contribution in [0, 0.1) is 18.3 Å². The highest BCUT2D eigenvalue weighted by Gasteiger charge is 2.18. The van der Waals surface area contributed by atoms with Crippen LogP contribution < -0.4 is 5.56 Å². The van der Waals surface area contributed by atoms with Crippen molar-refractivity contribution in [1.29, 1.82) is 5.26 Å². The molecule has 0 saturated heterocycles. The topological polar surface area (TPSA) is 79.0 Å². The highest BCUT2D eigenvalue weighted by Crippen LogP contribution is 2.22. The van der Waals surface area contributed by atoms with E-state index in [9.17, 15) is 9.59 Å². The molecule has 0 aliphatic heterocycles. The third-order valence-electron chi connectivity index (χ3n) is 5.66. The van der Waals surface area contributed by atoms with E-state index in [2.05, 4.69) is 13.0 Å². The fourth-order valence-electron chi connectivity index (χ4n) is 3.82. The highest BCUT2D eigenvalue weighted by molar-refractivity contribution is 7.99. The van der Waals surface area contributed by atoms with Crippen LogP contribution in [-0.2, 0) is 11.3 Å². The number of thioether (sulfide) groups is 1. The molecule has 1 heterocycles. The molecule has 0 N–H and O–H groups in total. The van der Waals surface area contributed by atoms with Gasteiger partial charge in [0.15, 0.2) is 5.16 Å². The number of amides is 1. The molecule has 0 fully saturated rings. The molecular weight excluding hydrogens is 456 g/mol. The molecule has 0 bridgehead atoms. The predicted octanol–water partition coefficient (Wildman–Crippen LogP) is 5.10. The van der Waals surface area contributed by atoms with Crippen LogP contribution >= 0.6 is 11.8 Å². The minimum Gasteiger partial charge on any atom is -0.338 e. The number of aryl methyl sites for hydroxylation is 1. The Morgan fingerprint density at radius 1 is 1.06 bits per heavy atom. The average molecular weight is 483 g/mol. The van der Waals surface area contributed by atoms with Gasteiger partial charge in [-0.05, 0) is 55.3 Å². The van der Waals surface area contributed by atoms with Crippen molar-refractivity contribution in [3.63, 3.8) is 0 Å². The van der Waals surface area contributed by atoms with Crippen LogP contribution in [0.4, 0.5) is 0 Å². The van der Waals surface area contributed by atoms with Crippen LogP contribution in [0.5, 0.6) is 0 Å². The van der Waals surface area contributed by atoms with Crippen LogP contribution in [0.3, 0.4) is 0 Å². The molecule has 0 aliphatic carbocycles. The lowest BCUT2D eigenvalue weighted by Gasteiger charge is -2.22. The molecule has 0 atom stereocenters. The Balaban J connectivity index is 1.64. The number of carbonyl (C=O) groups excluding carboxylic acids is 1. The highest BCUT2D eigenvalue weighted by atomic mass is 32.2. The standard InChI is InChI=1S/C28H26N4O2S/c1-3-16-31(18-22-10-8-20(2)9-11-22)26(33)19-35-28-30-25-7-5-4-6-24(25)27(34)32(28)23-14-12-21(17-29)13-15-23/h4-15H,3,16,18-19H2,1-2H3. The van der Waals surface area contributed by atoms with E-state index in [4.69, 9.17) is 10.2 Å². The fraction of sp³-hybridized carbons (Fsp3) is 0.214. The maximum Gasteiger partial charge on any atom is 0.266 e. The van der Waals surface area contributed by atoms with Crippen LogP contribution in [0.25, 0.3) is 16.6 Å². The molecule has 3 aromatic carbocycles. The van der Waals surface area contributed by atoms with Gasteiger partial charge in [-0.3, -0.25) is 14.2 Å². The van der Waals surface area contributed by atoms with Crippen LogP contribution in [0.1, 0.15) is 30.0 Å². The van der Waals surface area contributed by atoms with Crippen molar-refractivity contribution in [2.24, 2.45) is 0 Å². The summed E-state index contributed by atoms with van der Waals surface area (Å²) in [5.74, 6) is 0.152. The first-order valence-electron chi connectivity index (χ1n) is 11.5. The molecule has 0 spiro atoms. The number of nitriles is 1. The van der Waals surface area contributed by atoms with E-state index in [-0.39, 0.29) is 17.2 Å². The van der Waals surface area contributed by atoms with Crippen molar-refractivity contribution in [2.75, 3.05) is 12.3 Å². The minimum atomic E-state index is -0.208. The zero-order valence-electron chi connectivity index (χ0n) is 19.8. The molecular formula is C28H26N4O2S. The van der Waals surface area contributed by atoms with Crippen LogP contribution in [-0.4, -0.2) is 32.7 Å². The van der Waals surface area contributed by atoms with Crippen molar-refractivity contribution in [3.8, 4) is 11.8 Å². The lowest BCUT2D eigenvalue weighted by molar-refractivity contribution is -0.129. The van der Waals surface area contributed by atoms with Crippen LogP contribution in [0.15, 0.2) is 82.7 Å². The van der Waals surface area contributed by atoms with E-state index >= 15 is 0 Å². The van der Waals surface area contributed by atoms with Crippen molar-refractivity contribution in [3.05, 3.63) is 99.8 Å². The predicted molar refractivity (Wildman–Crippen MR) is 140 cm³/mol. The first-order chi connectivity index (χ1) is 17.0. The van der Waals surface area contributed by atoms with Gasteiger partial charge in [0.2, 0.25) is 5.91 Å². The van der Waals surface area contributed by atoms with Crippen molar-refractivity contribution >= 4 is 28.6 Å². The summed E-state index contributed by atoms with van der Waals surface area (Å²) < 4.78 is 1.52. The van der Waals surface area contributed by atoms with E-state index in [1.165, 1.54) is 21.9 Å². The molecule has 35 heavy (non-hydrogen) atoms. The van der Waals surface area contributed by atoms with Gasteiger partial charge in [-0.2, -0.15) is 5.26 Å². The first kappa shape index (κ1) is 24.2. The summed E-state index contributed by atoms with van der Waals surface area (Å²) in [6.07, 6.45) is 0.854. The summed E-state index contributed by atoms with van der Waals surface area (Å²) in [5, 5.41) is 10.1. The Morgan fingerprint density at radius 3 is 2.46 bits per heavy atom. The van der Waals surface area contributed by atoms with Gasteiger partial charge in [0, 0.05) is 13.1 Å². The van der Waals surface area contributed by atoms with Crippen molar-refractivity contribution in [2.45, 2.75) is 32.0 Å².